The summed E-state index contributed by atoms with van der Waals surface area (Å²) in [6, 6.07) is 0. The standard InChI is InChI=1S/C8H15N7O/c1-3-9-6-12-7(10-4-2)14-8(13-6)15-11-5-16/h5H,3-4H2,1-2H3,(H,11,16)(H3,9,10,12,13,14,15). The van der Waals surface area contributed by atoms with Crippen LogP contribution in [0.2, 0.25) is 0 Å². The summed E-state index contributed by atoms with van der Waals surface area (Å²) in [5.41, 5.74) is 4.80. The number of carbonyl (C=O) groups is 1. The zero-order valence-electron chi connectivity index (χ0n) is 9.24. The van der Waals surface area contributed by atoms with E-state index in [9.17, 15) is 4.79 Å². The molecule has 16 heavy (non-hydrogen) atoms. The molecule has 1 rings (SSSR count). The molecule has 0 aliphatic heterocycles. The monoisotopic (exact) mass is 225 g/mol. The van der Waals surface area contributed by atoms with Crippen LogP contribution in [0.15, 0.2) is 0 Å². The maximum atomic E-state index is 10.1. The number of hydrogen-bond acceptors (Lipinski definition) is 7. The van der Waals surface area contributed by atoms with Crippen molar-refractivity contribution in [2.45, 2.75) is 13.8 Å². The Morgan fingerprint density at radius 2 is 1.50 bits per heavy atom. The predicted octanol–water partition coefficient (Wildman–Crippen LogP) is -0.192. The van der Waals surface area contributed by atoms with E-state index in [1.807, 2.05) is 13.8 Å². The third-order valence-electron chi connectivity index (χ3n) is 1.55. The average molecular weight is 225 g/mol. The minimum absolute atomic E-state index is 0.272. The summed E-state index contributed by atoms with van der Waals surface area (Å²) in [6.45, 7) is 5.28. The van der Waals surface area contributed by atoms with Crippen molar-refractivity contribution in [2.24, 2.45) is 0 Å². The van der Waals surface area contributed by atoms with Crippen molar-refractivity contribution in [1.82, 2.24) is 20.4 Å². The Labute approximate surface area is 93.2 Å². The van der Waals surface area contributed by atoms with Crippen LogP contribution in [0.25, 0.3) is 0 Å². The number of nitrogens with zero attached hydrogens (tertiary/aromatic N) is 3. The molecule has 8 heteroatoms. The van der Waals surface area contributed by atoms with Gasteiger partial charge in [0, 0.05) is 13.1 Å². The second-order valence-electron chi connectivity index (χ2n) is 2.75. The first kappa shape index (κ1) is 12.0. The van der Waals surface area contributed by atoms with Crippen molar-refractivity contribution in [3.05, 3.63) is 0 Å². The number of hydrogen-bond donors (Lipinski definition) is 4. The van der Waals surface area contributed by atoms with E-state index >= 15 is 0 Å². The lowest BCUT2D eigenvalue weighted by Crippen LogP contribution is -2.22. The SMILES string of the molecule is CCNc1nc(NCC)nc(NNC=O)n1. The summed E-state index contributed by atoms with van der Waals surface area (Å²) in [5.74, 6) is 1.17. The number of carbonyl (C=O) groups excluding carboxylic acids is 1. The molecule has 4 N–H and O–H groups in total. The van der Waals surface area contributed by atoms with Gasteiger partial charge in [0.2, 0.25) is 24.3 Å². The molecule has 0 saturated carbocycles. The van der Waals surface area contributed by atoms with Gasteiger partial charge in [0.05, 0.1) is 0 Å². The lowest BCUT2D eigenvalue weighted by Gasteiger charge is -2.08. The molecule has 1 amide bonds. The van der Waals surface area contributed by atoms with E-state index < -0.39 is 0 Å². The van der Waals surface area contributed by atoms with Crippen LogP contribution in [-0.4, -0.2) is 34.5 Å². The molecule has 0 spiro atoms. The van der Waals surface area contributed by atoms with Crippen molar-refractivity contribution in [3.63, 3.8) is 0 Å². The lowest BCUT2D eigenvalue weighted by atomic mass is 10.7. The van der Waals surface area contributed by atoms with Crippen molar-refractivity contribution in [1.29, 1.82) is 0 Å². The Hall–Kier alpha value is -2.12. The Morgan fingerprint density at radius 1 is 1.00 bits per heavy atom. The molecule has 0 bridgehead atoms. The first-order valence-electron chi connectivity index (χ1n) is 4.99. The number of rotatable bonds is 7. The lowest BCUT2D eigenvalue weighted by molar-refractivity contribution is -0.109. The highest BCUT2D eigenvalue weighted by atomic mass is 16.1. The van der Waals surface area contributed by atoms with Gasteiger partial charge in [0.1, 0.15) is 0 Å². The third-order valence-corrected chi connectivity index (χ3v) is 1.55. The molecule has 0 fully saturated rings. The first-order chi connectivity index (χ1) is 7.80. The quantitative estimate of drug-likeness (QED) is 0.376. The van der Waals surface area contributed by atoms with Crippen LogP contribution in [0, 0.1) is 0 Å². The van der Waals surface area contributed by atoms with Crippen LogP contribution in [0.5, 0.6) is 0 Å². The number of aromatic nitrogens is 3. The second kappa shape index (κ2) is 6.38. The van der Waals surface area contributed by atoms with E-state index in [1.54, 1.807) is 0 Å². The van der Waals surface area contributed by atoms with Gasteiger partial charge < -0.3 is 10.6 Å². The molecule has 8 nitrogen and oxygen atoms in total. The van der Waals surface area contributed by atoms with Crippen LogP contribution in [0.1, 0.15) is 13.8 Å². The Bertz CT molecular complexity index is 319. The van der Waals surface area contributed by atoms with E-state index in [0.717, 1.165) is 0 Å². The minimum atomic E-state index is 0.272. The molecule has 0 unspecified atom stereocenters. The zero-order chi connectivity index (χ0) is 11.8. The summed E-state index contributed by atoms with van der Waals surface area (Å²) in [4.78, 5) is 22.3. The van der Waals surface area contributed by atoms with Gasteiger partial charge in [-0.05, 0) is 13.8 Å². The second-order valence-corrected chi connectivity index (χ2v) is 2.75. The Kier molecular flexibility index (Phi) is 4.77. The van der Waals surface area contributed by atoms with Crippen LogP contribution in [0.3, 0.4) is 0 Å². The third kappa shape index (κ3) is 3.56. The van der Waals surface area contributed by atoms with Crippen molar-refractivity contribution >= 4 is 24.3 Å². The van der Waals surface area contributed by atoms with Crippen LogP contribution >= 0.6 is 0 Å². The topological polar surface area (TPSA) is 104 Å². The predicted molar refractivity (Wildman–Crippen MR) is 61.0 cm³/mol. The Balaban J connectivity index is 2.84. The Morgan fingerprint density at radius 3 is 1.94 bits per heavy atom. The van der Waals surface area contributed by atoms with E-state index in [0.29, 0.717) is 31.4 Å². The average Bonchev–Trinajstić information content (AvgIpc) is 2.27. The van der Waals surface area contributed by atoms with Crippen LogP contribution < -0.4 is 21.5 Å². The normalized spacial score (nSPS) is 9.38. The molecule has 0 radical (unpaired) electrons. The van der Waals surface area contributed by atoms with Crippen molar-refractivity contribution in [2.75, 3.05) is 29.1 Å². The van der Waals surface area contributed by atoms with Crippen LogP contribution in [0.4, 0.5) is 17.8 Å². The maximum absolute atomic E-state index is 10.1. The van der Waals surface area contributed by atoms with Gasteiger partial charge in [-0.2, -0.15) is 15.0 Å². The largest absolute Gasteiger partial charge is 0.354 e. The summed E-state index contributed by atoms with van der Waals surface area (Å²) in [7, 11) is 0. The molecular weight excluding hydrogens is 210 g/mol. The molecule has 0 saturated heterocycles. The highest BCUT2D eigenvalue weighted by Crippen LogP contribution is 2.07. The number of nitrogens with one attached hydrogen (secondary N) is 4. The highest BCUT2D eigenvalue weighted by Gasteiger charge is 2.04. The van der Waals surface area contributed by atoms with E-state index in [2.05, 4.69) is 36.4 Å². The minimum Gasteiger partial charge on any atom is -0.354 e. The fourth-order valence-corrected chi connectivity index (χ4v) is 1.00. The fourth-order valence-electron chi connectivity index (χ4n) is 1.00. The molecule has 1 heterocycles. The number of hydrazine groups is 1. The van der Waals surface area contributed by atoms with E-state index in [1.165, 1.54) is 0 Å². The zero-order valence-corrected chi connectivity index (χ0v) is 9.24. The van der Waals surface area contributed by atoms with Gasteiger partial charge in [-0.1, -0.05) is 0 Å². The molecule has 1 aromatic rings. The molecule has 0 aliphatic carbocycles. The number of amides is 1. The van der Waals surface area contributed by atoms with Gasteiger partial charge in [-0.15, -0.1) is 0 Å². The summed E-state index contributed by atoms with van der Waals surface area (Å²) < 4.78 is 0. The number of anilines is 3. The molecule has 1 aromatic heterocycles. The summed E-state index contributed by atoms with van der Waals surface area (Å²) >= 11 is 0. The maximum Gasteiger partial charge on any atom is 0.248 e. The fraction of sp³-hybridized carbons (Fsp3) is 0.500. The molecular formula is C8H15N7O. The van der Waals surface area contributed by atoms with Gasteiger partial charge in [0.15, 0.2) is 0 Å². The van der Waals surface area contributed by atoms with Crippen molar-refractivity contribution in [3.8, 4) is 0 Å². The van der Waals surface area contributed by atoms with Gasteiger partial charge in [-0.25, -0.2) is 0 Å². The summed E-state index contributed by atoms with van der Waals surface area (Å²) in [5, 5.41) is 5.93. The van der Waals surface area contributed by atoms with E-state index in [4.69, 9.17) is 0 Å². The summed E-state index contributed by atoms with van der Waals surface area (Å²) in [6.07, 6.45) is 0.504. The molecule has 0 atom stereocenters. The molecule has 0 aliphatic rings. The van der Waals surface area contributed by atoms with Crippen LogP contribution in [-0.2, 0) is 4.79 Å². The molecule has 88 valence electrons. The highest BCUT2D eigenvalue weighted by molar-refractivity contribution is 5.50. The van der Waals surface area contributed by atoms with Gasteiger partial charge >= 0.3 is 0 Å². The van der Waals surface area contributed by atoms with E-state index in [-0.39, 0.29) is 5.95 Å². The van der Waals surface area contributed by atoms with Crippen molar-refractivity contribution < 1.29 is 4.79 Å². The molecule has 0 aromatic carbocycles. The smallest absolute Gasteiger partial charge is 0.248 e. The van der Waals surface area contributed by atoms with Gasteiger partial charge in [-0.3, -0.25) is 15.6 Å². The van der Waals surface area contributed by atoms with Gasteiger partial charge in [0.25, 0.3) is 0 Å². The first-order valence-corrected chi connectivity index (χ1v) is 4.99.